The van der Waals surface area contributed by atoms with Gasteiger partial charge in [-0.2, -0.15) is 0 Å². The number of Topliss-reactive ketones (excluding diaryl/α,β-unsaturated/α-hetero) is 1. The van der Waals surface area contributed by atoms with Crippen LogP contribution in [0.5, 0.6) is 5.75 Å². The first-order chi connectivity index (χ1) is 9.72. The van der Waals surface area contributed by atoms with Crippen LogP contribution >= 0.6 is 11.6 Å². The fourth-order valence-electron chi connectivity index (χ4n) is 2.53. The number of ketones is 1. The standard InChI is InChI=1S/C17H15ClO2/c18-15-6-2-5-14(9-15)17(19)11-20-16-8-7-12-3-1-4-13(12)10-16/h2,5-10H,1,3-4,11H2. The summed E-state index contributed by atoms with van der Waals surface area (Å²) in [5, 5.41) is 0.563. The van der Waals surface area contributed by atoms with Crippen LogP contribution in [0.3, 0.4) is 0 Å². The molecule has 0 saturated carbocycles. The Balaban J connectivity index is 1.66. The summed E-state index contributed by atoms with van der Waals surface area (Å²) in [5.74, 6) is 0.703. The molecule has 0 bridgehead atoms. The number of carbonyl (C=O) groups excluding carboxylic acids is 1. The van der Waals surface area contributed by atoms with Crippen molar-refractivity contribution in [2.45, 2.75) is 19.3 Å². The second-order valence-electron chi connectivity index (χ2n) is 5.01. The summed E-state index contributed by atoms with van der Waals surface area (Å²) in [4.78, 5) is 12.0. The van der Waals surface area contributed by atoms with Crippen LogP contribution in [0.15, 0.2) is 42.5 Å². The number of rotatable bonds is 4. The van der Waals surface area contributed by atoms with E-state index in [1.165, 1.54) is 17.5 Å². The van der Waals surface area contributed by atoms with Gasteiger partial charge in [0.05, 0.1) is 0 Å². The van der Waals surface area contributed by atoms with Gasteiger partial charge in [-0.3, -0.25) is 4.79 Å². The monoisotopic (exact) mass is 286 g/mol. The van der Waals surface area contributed by atoms with Crippen molar-refractivity contribution in [1.29, 1.82) is 0 Å². The van der Waals surface area contributed by atoms with Gasteiger partial charge in [0.15, 0.2) is 12.4 Å². The third-order valence-corrected chi connectivity index (χ3v) is 3.82. The minimum absolute atomic E-state index is 0.0408. The number of ether oxygens (including phenoxy) is 1. The van der Waals surface area contributed by atoms with Gasteiger partial charge in [-0.25, -0.2) is 0 Å². The Morgan fingerprint density at radius 2 is 1.95 bits per heavy atom. The van der Waals surface area contributed by atoms with E-state index in [0.717, 1.165) is 18.6 Å². The van der Waals surface area contributed by atoms with Gasteiger partial charge >= 0.3 is 0 Å². The Labute approximate surface area is 123 Å². The van der Waals surface area contributed by atoms with Crippen LogP contribution < -0.4 is 4.74 Å². The van der Waals surface area contributed by atoms with Gasteiger partial charge in [-0.15, -0.1) is 0 Å². The molecular weight excluding hydrogens is 272 g/mol. The van der Waals surface area contributed by atoms with E-state index in [9.17, 15) is 4.79 Å². The van der Waals surface area contributed by atoms with E-state index in [1.807, 2.05) is 12.1 Å². The van der Waals surface area contributed by atoms with Crippen molar-refractivity contribution in [3.8, 4) is 5.75 Å². The minimum Gasteiger partial charge on any atom is -0.485 e. The fourth-order valence-corrected chi connectivity index (χ4v) is 2.72. The molecule has 3 heteroatoms. The zero-order valence-electron chi connectivity index (χ0n) is 11.1. The van der Waals surface area contributed by atoms with Crippen LogP contribution in [0.2, 0.25) is 5.02 Å². The molecule has 20 heavy (non-hydrogen) atoms. The maximum absolute atomic E-state index is 12.0. The average Bonchev–Trinajstić information content (AvgIpc) is 2.92. The van der Waals surface area contributed by atoms with E-state index >= 15 is 0 Å². The van der Waals surface area contributed by atoms with Crippen LogP contribution in [0.1, 0.15) is 27.9 Å². The predicted octanol–water partition coefficient (Wildman–Crippen LogP) is 4.09. The van der Waals surface area contributed by atoms with Crippen molar-refractivity contribution in [1.82, 2.24) is 0 Å². The maximum atomic E-state index is 12.0. The molecule has 2 aromatic carbocycles. The second kappa shape index (κ2) is 5.68. The second-order valence-corrected chi connectivity index (χ2v) is 5.44. The van der Waals surface area contributed by atoms with Crippen molar-refractivity contribution in [2.75, 3.05) is 6.61 Å². The lowest BCUT2D eigenvalue weighted by atomic mass is 10.1. The predicted molar refractivity (Wildman–Crippen MR) is 79.7 cm³/mol. The van der Waals surface area contributed by atoms with Gasteiger partial charge in [0.1, 0.15) is 5.75 Å². The Morgan fingerprint density at radius 3 is 2.80 bits per heavy atom. The van der Waals surface area contributed by atoms with E-state index in [2.05, 4.69) is 6.07 Å². The quantitative estimate of drug-likeness (QED) is 0.791. The minimum atomic E-state index is -0.0620. The summed E-state index contributed by atoms with van der Waals surface area (Å²) < 4.78 is 5.59. The lowest BCUT2D eigenvalue weighted by molar-refractivity contribution is 0.0921. The van der Waals surface area contributed by atoms with Crippen molar-refractivity contribution >= 4 is 17.4 Å². The van der Waals surface area contributed by atoms with E-state index < -0.39 is 0 Å². The average molecular weight is 287 g/mol. The summed E-state index contributed by atoms with van der Waals surface area (Å²) in [5.41, 5.74) is 3.33. The first-order valence-corrected chi connectivity index (χ1v) is 7.13. The summed E-state index contributed by atoms with van der Waals surface area (Å²) in [6.07, 6.45) is 3.46. The van der Waals surface area contributed by atoms with Crippen molar-refractivity contribution in [3.05, 3.63) is 64.2 Å². The van der Waals surface area contributed by atoms with Gasteiger partial charge in [0, 0.05) is 10.6 Å². The van der Waals surface area contributed by atoms with E-state index in [-0.39, 0.29) is 12.4 Å². The van der Waals surface area contributed by atoms with Crippen LogP contribution in [0, 0.1) is 0 Å². The Hall–Kier alpha value is -1.80. The molecule has 0 saturated heterocycles. The summed E-state index contributed by atoms with van der Waals surface area (Å²) in [7, 11) is 0. The van der Waals surface area contributed by atoms with Crippen LogP contribution in [0.4, 0.5) is 0 Å². The lowest BCUT2D eigenvalue weighted by Crippen LogP contribution is -2.11. The van der Waals surface area contributed by atoms with Crippen LogP contribution in [-0.2, 0) is 12.8 Å². The third-order valence-electron chi connectivity index (χ3n) is 3.59. The molecule has 0 amide bonds. The Kier molecular flexibility index (Phi) is 3.75. The number of carbonyl (C=O) groups is 1. The molecule has 0 atom stereocenters. The molecule has 1 aliphatic carbocycles. The van der Waals surface area contributed by atoms with E-state index in [1.54, 1.807) is 24.3 Å². The van der Waals surface area contributed by atoms with Gasteiger partial charge in [-0.1, -0.05) is 29.8 Å². The number of hydrogen-bond acceptors (Lipinski definition) is 2. The molecule has 0 fully saturated rings. The molecule has 0 spiro atoms. The largest absolute Gasteiger partial charge is 0.485 e. The van der Waals surface area contributed by atoms with Crippen molar-refractivity contribution in [2.24, 2.45) is 0 Å². The van der Waals surface area contributed by atoms with Gasteiger partial charge in [0.25, 0.3) is 0 Å². The summed E-state index contributed by atoms with van der Waals surface area (Å²) >= 11 is 5.88. The first-order valence-electron chi connectivity index (χ1n) is 6.76. The molecule has 0 radical (unpaired) electrons. The highest BCUT2D eigenvalue weighted by Crippen LogP contribution is 2.26. The molecule has 0 unspecified atom stereocenters. The zero-order chi connectivity index (χ0) is 13.9. The van der Waals surface area contributed by atoms with Crippen molar-refractivity contribution < 1.29 is 9.53 Å². The Morgan fingerprint density at radius 1 is 1.10 bits per heavy atom. The molecule has 2 aromatic rings. The number of halogens is 1. The number of benzene rings is 2. The highest BCUT2D eigenvalue weighted by atomic mass is 35.5. The van der Waals surface area contributed by atoms with Crippen LogP contribution in [-0.4, -0.2) is 12.4 Å². The van der Waals surface area contributed by atoms with Crippen LogP contribution in [0.25, 0.3) is 0 Å². The fraction of sp³-hybridized carbons (Fsp3) is 0.235. The highest BCUT2D eigenvalue weighted by molar-refractivity contribution is 6.31. The first kappa shape index (κ1) is 13.2. The molecule has 0 N–H and O–H groups in total. The van der Waals surface area contributed by atoms with Gasteiger partial charge in [-0.05, 0) is 54.7 Å². The molecule has 102 valence electrons. The van der Waals surface area contributed by atoms with E-state index in [4.69, 9.17) is 16.3 Å². The summed E-state index contributed by atoms with van der Waals surface area (Å²) in [6.45, 7) is 0.0408. The van der Waals surface area contributed by atoms with Gasteiger partial charge < -0.3 is 4.74 Å². The number of aryl methyl sites for hydroxylation is 2. The molecule has 1 aliphatic rings. The molecule has 0 heterocycles. The Bertz CT molecular complexity index is 649. The topological polar surface area (TPSA) is 26.3 Å². The maximum Gasteiger partial charge on any atom is 0.200 e. The highest BCUT2D eigenvalue weighted by Gasteiger charge is 2.12. The molecule has 0 aliphatic heterocycles. The number of hydrogen-bond donors (Lipinski definition) is 0. The number of fused-ring (bicyclic) bond motifs is 1. The SMILES string of the molecule is O=C(COc1ccc2c(c1)CCC2)c1cccc(Cl)c1. The molecule has 3 rings (SSSR count). The smallest absolute Gasteiger partial charge is 0.200 e. The lowest BCUT2D eigenvalue weighted by Gasteiger charge is -2.08. The summed E-state index contributed by atoms with van der Waals surface area (Å²) in [6, 6.07) is 13.0. The molecular formula is C17H15ClO2. The normalized spacial score (nSPS) is 13.1. The van der Waals surface area contributed by atoms with Crippen molar-refractivity contribution in [3.63, 3.8) is 0 Å². The zero-order valence-corrected chi connectivity index (χ0v) is 11.8. The molecule has 0 aromatic heterocycles. The molecule has 2 nitrogen and oxygen atoms in total. The third kappa shape index (κ3) is 2.86. The van der Waals surface area contributed by atoms with E-state index in [0.29, 0.717) is 10.6 Å². The van der Waals surface area contributed by atoms with Gasteiger partial charge in [0.2, 0.25) is 0 Å².